The molecule has 11 nitrogen and oxygen atoms in total. The Morgan fingerprint density at radius 1 is 1.00 bits per heavy atom. The lowest BCUT2D eigenvalue weighted by Gasteiger charge is -2.34. The lowest BCUT2D eigenvalue weighted by molar-refractivity contribution is 0.0699. The van der Waals surface area contributed by atoms with E-state index >= 15 is 0 Å². The molecular weight excluding hydrogens is 478 g/mol. The van der Waals surface area contributed by atoms with Gasteiger partial charge in [0.15, 0.2) is 0 Å². The largest absolute Gasteiger partial charge is 0.336 e. The van der Waals surface area contributed by atoms with Crippen LogP contribution in [0.15, 0.2) is 67.1 Å². The molecule has 1 amide bonds. The van der Waals surface area contributed by atoms with Crippen molar-refractivity contribution in [1.29, 1.82) is 0 Å². The molecular formula is C21H17N7O4S2. The second-order valence-electron chi connectivity index (χ2n) is 7.87. The highest BCUT2D eigenvalue weighted by Gasteiger charge is 2.33. The highest BCUT2D eigenvalue weighted by atomic mass is 32.2. The number of nitrogens with zero attached hydrogens (tertiary/aromatic N) is 6. The number of rotatable bonds is 3. The van der Waals surface area contributed by atoms with Gasteiger partial charge in [0.2, 0.25) is 10.0 Å². The van der Waals surface area contributed by atoms with E-state index in [0.717, 1.165) is 11.4 Å². The van der Waals surface area contributed by atoms with Gasteiger partial charge >= 0.3 is 0 Å². The first-order chi connectivity index (χ1) is 16.4. The standard InChI is InChI=1S/C21H17N7O4S2/c29-20-13-4-1-2-6-16(13)28-19(23-20)14(12-22-28)21(30)26-8-10-27(11-9-26)34(31,32)17-7-3-5-15-18(17)25-33-24-15/h1-7,12H,8-11H2,(H,23,29). The summed E-state index contributed by atoms with van der Waals surface area (Å²) in [5.41, 5.74) is 1.76. The zero-order valence-corrected chi connectivity index (χ0v) is 19.2. The van der Waals surface area contributed by atoms with Gasteiger partial charge in [0, 0.05) is 26.2 Å². The number of aromatic amines is 1. The van der Waals surface area contributed by atoms with Gasteiger partial charge in [-0.25, -0.2) is 12.9 Å². The van der Waals surface area contributed by atoms with E-state index in [9.17, 15) is 18.0 Å². The van der Waals surface area contributed by atoms with Gasteiger partial charge in [0.1, 0.15) is 27.5 Å². The molecule has 4 heterocycles. The number of sulfonamides is 1. The van der Waals surface area contributed by atoms with Crippen LogP contribution in [0.4, 0.5) is 11.4 Å². The Morgan fingerprint density at radius 2 is 1.79 bits per heavy atom. The minimum absolute atomic E-state index is 0.116. The summed E-state index contributed by atoms with van der Waals surface area (Å²) in [5.74, 6) is -0.316. The number of para-hydroxylation sites is 1. The molecule has 0 atom stereocenters. The summed E-state index contributed by atoms with van der Waals surface area (Å²) in [6, 6.07) is 11.9. The first-order valence-corrected chi connectivity index (χ1v) is 12.6. The van der Waals surface area contributed by atoms with Crippen LogP contribution in [0.2, 0.25) is 0 Å². The maximum atomic E-state index is 13.3. The van der Waals surface area contributed by atoms with Crippen molar-refractivity contribution in [2.24, 2.45) is 8.73 Å². The normalized spacial score (nSPS) is 16.2. The van der Waals surface area contributed by atoms with Crippen LogP contribution in [0, 0.1) is 0 Å². The van der Waals surface area contributed by atoms with Crippen molar-refractivity contribution in [3.05, 3.63) is 64.6 Å². The van der Waals surface area contributed by atoms with Crippen LogP contribution in [0.25, 0.3) is 16.6 Å². The summed E-state index contributed by atoms with van der Waals surface area (Å²) in [7, 11) is -3.79. The summed E-state index contributed by atoms with van der Waals surface area (Å²) < 4.78 is 37.6. The van der Waals surface area contributed by atoms with Crippen molar-refractivity contribution >= 4 is 55.2 Å². The highest BCUT2D eigenvalue weighted by molar-refractivity contribution is 7.89. The average Bonchev–Trinajstić information content (AvgIpc) is 3.51. The second-order valence-corrected chi connectivity index (χ2v) is 10.3. The van der Waals surface area contributed by atoms with Gasteiger partial charge in [-0.1, -0.05) is 18.2 Å². The predicted molar refractivity (Wildman–Crippen MR) is 126 cm³/mol. The molecule has 0 radical (unpaired) electrons. The molecule has 0 bridgehead atoms. The van der Waals surface area contributed by atoms with Gasteiger partial charge in [-0.3, -0.25) is 9.59 Å². The topological polar surface area (TPSA) is 133 Å². The first kappa shape index (κ1) is 20.9. The zero-order chi connectivity index (χ0) is 23.4. The van der Waals surface area contributed by atoms with E-state index in [2.05, 4.69) is 18.8 Å². The van der Waals surface area contributed by atoms with Crippen LogP contribution in [-0.4, -0.2) is 64.3 Å². The van der Waals surface area contributed by atoms with Gasteiger partial charge < -0.3 is 9.88 Å². The van der Waals surface area contributed by atoms with Crippen LogP contribution < -0.4 is 5.56 Å². The van der Waals surface area contributed by atoms with Gasteiger partial charge in [0.05, 0.1) is 28.5 Å². The van der Waals surface area contributed by atoms with Crippen molar-refractivity contribution in [2.75, 3.05) is 26.2 Å². The fourth-order valence-electron chi connectivity index (χ4n) is 4.26. The number of carbonyl (C=O) groups excluding carboxylic acids is 1. The molecule has 172 valence electrons. The maximum absolute atomic E-state index is 13.3. The molecule has 2 aromatic carbocycles. The Hall–Kier alpha value is -3.68. The molecule has 0 spiro atoms. The van der Waals surface area contributed by atoms with E-state index in [-0.39, 0.29) is 48.1 Å². The van der Waals surface area contributed by atoms with Crippen molar-refractivity contribution < 1.29 is 13.2 Å². The molecule has 4 aromatic rings. The number of carbonyl (C=O) groups is 1. The highest BCUT2D eigenvalue weighted by Crippen LogP contribution is 2.38. The smallest absolute Gasteiger partial charge is 0.259 e. The number of nitrogens with one attached hydrogen (secondary N) is 1. The number of amides is 1. The summed E-state index contributed by atoms with van der Waals surface area (Å²) in [4.78, 5) is 30.2. The SMILES string of the molecule is O=C(c1cnn2c1[nH]c(=O)c1ccccc12)N1CCN(S(=O)(=O)c2cccc3c2N=S=N3)CC1. The van der Waals surface area contributed by atoms with Gasteiger partial charge in [-0.05, 0) is 24.3 Å². The van der Waals surface area contributed by atoms with Crippen LogP contribution >= 0.6 is 0 Å². The predicted octanol–water partition coefficient (Wildman–Crippen LogP) is 2.05. The lowest BCUT2D eigenvalue weighted by Crippen LogP contribution is -2.50. The fraction of sp³-hybridized carbons (Fsp3) is 0.190. The molecule has 1 saturated heterocycles. The van der Waals surface area contributed by atoms with E-state index in [1.807, 2.05) is 0 Å². The Balaban J connectivity index is 1.26. The number of piperazine rings is 1. The number of hydrogen-bond acceptors (Lipinski definition) is 7. The maximum Gasteiger partial charge on any atom is 0.259 e. The van der Waals surface area contributed by atoms with Crippen molar-refractivity contribution in [3.8, 4) is 0 Å². The number of benzene rings is 2. The third-order valence-electron chi connectivity index (χ3n) is 6.00. The molecule has 0 aliphatic carbocycles. The number of fused-ring (bicyclic) bond motifs is 4. The molecule has 0 saturated carbocycles. The summed E-state index contributed by atoms with van der Waals surface area (Å²) >= 11 is 0.966. The molecule has 2 aliphatic rings. The van der Waals surface area contributed by atoms with E-state index < -0.39 is 10.0 Å². The van der Waals surface area contributed by atoms with Crippen molar-refractivity contribution in [3.63, 3.8) is 0 Å². The van der Waals surface area contributed by atoms with Crippen molar-refractivity contribution in [2.45, 2.75) is 4.90 Å². The van der Waals surface area contributed by atoms with E-state index in [0.29, 0.717) is 27.9 Å². The minimum atomic E-state index is -3.79. The van der Waals surface area contributed by atoms with E-state index in [4.69, 9.17) is 0 Å². The monoisotopic (exact) mass is 495 g/mol. The number of hydrogen-bond donors (Lipinski definition) is 1. The number of aromatic nitrogens is 3. The molecule has 6 rings (SSSR count). The van der Waals surface area contributed by atoms with Gasteiger partial charge in [0.25, 0.3) is 11.5 Å². The minimum Gasteiger partial charge on any atom is -0.336 e. The summed E-state index contributed by atoms with van der Waals surface area (Å²) in [6.45, 7) is 0.693. The van der Waals surface area contributed by atoms with E-state index in [1.54, 1.807) is 41.3 Å². The molecule has 2 aromatic heterocycles. The molecule has 13 heteroatoms. The Morgan fingerprint density at radius 3 is 2.62 bits per heavy atom. The summed E-state index contributed by atoms with van der Waals surface area (Å²) in [6.07, 6.45) is 1.43. The molecule has 1 N–H and O–H groups in total. The summed E-state index contributed by atoms with van der Waals surface area (Å²) in [5, 5.41) is 4.78. The van der Waals surface area contributed by atoms with Crippen LogP contribution in [0.5, 0.6) is 0 Å². The Labute approximate surface area is 196 Å². The van der Waals surface area contributed by atoms with Crippen LogP contribution in [0.3, 0.4) is 0 Å². The van der Waals surface area contributed by atoms with E-state index in [1.165, 1.54) is 21.1 Å². The van der Waals surface area contributed by atoms with Crippen LogP contribution in [0.1, 0.15) is 10.4 Å². The van der Waals surface area contributed by atoms with Crippen LogP contribution in [-0.2, 0) is 21.4 Å². The Bertz CT molecular complexity index is 1730. The molecule has 1 fully saturated rings. The third-order valence-corrected chi connectivity index (χ3v) is 8.47. The molecule has 0 unspecified atom stereocenters. The van der Waals surface area contributed by atoms with Gasteiger partial charge in [-0.2, -0.15) is 18.1 Å². The first-order valence-electron chi connectivity index (χ1n) is 10.4. The lowest BCUT2D eigenvalue weighted by atomic mass is 10.2. The zero-order valence-electron chi connectivity index (χ0n) is 17.6. The quantitative estimate of drug-likeness (QED) is 0.409. The average molecular weight is 496 g/mol. The van der Waals surface area contributed by atoms with Crippen molar-refractivity contribution in [1.82, 2.24) is 23.8 Å². The molecule has 2 aliphatic heterocycles. The van der Waals surface area contributed by atoms with Gasteiger partial charge in [-0.15, -0.1) is 0 Å². The third kappa shape index (κ3) is 3.12. The second kappa shape index (κ2) is 7.68. The molecule has 34 heavy (non-hydrogen) atoms. The number of H-pyrrole nitrogens is 1. The Kier molecular flexibility index (Phi) is 4.72. The fourth-order valence-corrected chi connectivity index (χ4v) is 6.44.